The topological polar surface area (TPSA) is 17.1 Å². The Hall–Kier alpha value is -1.37. The van der Waals surface area contributed by atoms with Crippen molar-refractivity contribution in [1.82, 2.24) is 0 Å². The van der Waals surface area contributed by atoms with Gasteiger partial charge in [-0.15, -0.1) is 0 Å². The lowest BCUT2D eigenvalue weighted by Gasteiger charge is -2.04. The van der Waals surface area contributed by atoms with E-state index in [0.717, 1.165) is 24.7 Å². The van der Waals surface area contributed by atoms with Crippen LogP contribution < -0.4 is 0 Å². The zero-order valence-electron chi connectivity index (χ0n) is 8.52. The summed E-state index contributed by atoms with van der Waals surface area (Å²) in [6.45, 7) is 2.13. The van der Waals surface area contributed by atoms with Crippen LogP contribution in [0.4, 0.5) is 0 Å². The SMILES string of the molecule is CCC/C=C/C(C=O)c1ccccc1. The van der Waals surface area contributed by atoms with Gasteiger partial charge >= 0.3 is 0 Å². The van der Waals surface area contributed by atoms with Crippen molar-refractivity contribution in [3.05, 3.63) is 48.0 Å². The van der Waals surface area contributed by atoms with Crippen LogP contribution in [0.2, 0.25) is 0 Å². The van der Waals surface area contributed by atoms with E-state index in [9.17, 15) is 4.79 Å². The summed E-state index contributed by atoms with van der Waals surface area (Å²) in [5.74, 6) is -0.0808. The van der Waals surface area contributed by atoms with Crippen LogP contribution in [-0.2, 0) is 4.79 Å². The average molecular weight is 188 g/mol. The van der Waals surface area contributed by atoms with Crippen molar-refractivity contribution in [2.75, 3.05) is 0 Å². The Labute approximate surface area is 85.5 Å². The summed E-state index contributed by atoms with van der Waals surface area (Å²) in [6, 6.07) is 9.84. The number of hydrogen-bond acceptors (Lipinski definition) is 1. The molecule has 0 saturated carbocycles. The normalized spacial score (nSPS) is 12.9. The maximum atomic E-state index is 10.8. The van der Waals surface area contributed by atoms with E-state index >= 15 is 0 Å². The van der Waals surface area contributed by atoms with Gasteiger partial charge in [0, 0.05) is 0 Å². The quantitative estimate of drug-likeness (QED) is 0.511. The highest BCUT2D eigenvalue weighted by molar-refractivity contribution is 5.65. The molecule has 1 aromatic carbocycles. The van der Waals surface area contributed by atoms with E-state index in [2.05, 4.69) is 13.0 Å². The van der Waals surface area contributed by atoms with Crippen LogP contribution >= 0.6 is 0 Å². The third kappa shape index (κ3) is 3.17. The van der Waals surface area contributed by atoms with E-state index < -0.39 is 0 Å². The zero-order valence-corrected chi connectivity index (χ0v) is 8.52. The summed E-state index contributed by atoms with van der Waals surface area (Å²) in [4.78, 5) is 10.8. The summed E-state index contributed by atoms with van der Waals surface area (Å²) in [5.41, 5.74) is 1.06. The van der Waals surface area contributed by atoms with Gasteiger partial charge in [-0.3, -0.25) is 0 Å². The molecule has 0 saturated heterocycles. The van der Waals surface area contributed by atoms with Crippen LogP contribution in [0.25, 0.3) is 0 Å². The minimum absolute atomic E-state index is 0.0808. The Balaban J connectivity index is 2.68. The molecule has 0 N–H and O–H groups in total. The van der Waals surface area contributed by atoms with Crippen molar-refractivity contribution in [3.63, 3.8) is 0 Å². The lowest BCUT2D eigenvalue weighted by atomic mass is 10.00. The molecular formula is C13H16O. The number of allylic oxidation sites excluding steroid dienone is 2. The Morgan fingerprint density at radius 2 is 2.00 bits per heavy atom. The first-order valence-corrected chi connectivity index (χ1v) is 5.05. The summed E-state index contributed by atoms with van der Waals surface area (Å²) in [6.07, 6.45) is 7.20. The second kappa shape index (κ2) is 6.14. The van der Waals surface area contributed by atoms with E-state index in [4.69, 9.17) is 0 Å². The third-order valence-electron chi connectivity index (χ3n) is 2.13. The molecule has 0 amide bonds. The molecule has 1 rings (SSSR count). The largest absolute Gasteiger partial charge is 0.302 e. The van der Waals surface area contributed by atoms with Crippen molar-refractivity contribution in [1.29, 1.82) is 0 Å². The number of hydrogen-bond donors (Lipinski definition) is 0. The summed E-state index contributed by atoms with van der Waals surface area (Å²) >= 11 is 0. The molecule has 0 aliphatic carbocycles. The molecular weight excluding hydrogens is 172 g/mol. The fourth-order valence-electron chi connectivity index (χ4n) is 1.32. The van der Waals surface area contributed by atoms with Crippen LogP contribution in [0.1, 0.15) is 31.2 Å². The van der Waals surface area contributed by atoms with Gasteiger partial charge in [-0.1, -0.05) is 55.8 Å². The van der Waals surface area contributed by atoms with Gasteiger partial charge in [-0.2, -0.15) is 0 Å². The molecule has 0 heterocycles. The van der Waals surface area contributed by atoms with Crippen molar-refractivity contribution < 1.29 is 4.79 Å². The Kier molecular flexibility index (Phi) is 4.70. The highest BCUT2D eigenvalue weighted by Gasteiger charge is 2.03. The van der Waals surface area contributed by atoms with Crippen molar-refractivity contribution >= 4 is 6.29 Å². The average Bonchev–Trinajstić information content (AvgIpc) is 2.26. The molecule has 74 valence electrons. The van der Waals surface area contributed by atoms with Gasteiger partial charge in [0.05, 0.1) is 5.92 Å². The van der Waals surface area contributed by atoms with E-state index in [1.54, 1.807) is 0 Å². The number of unbranched alkanes of at least 4 members (excludes halogenated alkanes) is 1. The molecule has 1 nitrogen and oxygen atoms in total. The number of aldehydes is 1. The van der Waals surface area contributed by atoms with Crippen molar-refractivity contribution in [2.45, 2.75) is 25.7 Å². The minimum Gasteiger partial charge on any atom is -0.302 e. The molecule has 0 spiro atoms. The first-order valence-electron chi connectivity index (χ1n) is 5.05. The summed E-state index contributed by atoms with van der Waals surface area (Å²) in [7, 11) is 0. The van der Waals surface area contributed by atoms with Gasteiger partial charge in [-0.05, 0) is 12.0 Å². The van der Waals surface area contributed by atoms with E-state index in [-0.39, 0.29) is 5.92 Å². The third-order valence-corrected chi connectivity index (χ3v) is 2.13. The molecule has 0 radical (unpaired) electrons. The number of benzene rings is 1. The highest BCUT2D eigenvalue weighted by atomic mass is 16.1. The fraction of sp³-hybridized carbons (Fsp3) is 0.308. The van der Waals surface area contributed by atoms with Gasteiger partial charge in [0.25, 0.3) is 0 Å². The Morgan fingerprint density at radius 1 is 1.29 bits per heavy atom. The summed E-state index contributed by atoms with van der Waals surface area (Å²) < 4.78 is 0. The number of rotatable bonds is 5. The first-order chi connectivity index (χ1) is 6.88. The molecule has 1 atom stereocenters. The smallest absolute Gasteiger partial charge is 0.131 e. The molecule has 0 bridgehead atoms. The molecule has 14 heavy (non-hydrogen) atoms. The van der Waals surface area contributed by atoms with Crippen LogP contribution in [0.3, 0.4) is 0 Å². The Bertz CT molecular complexity index is 287. The molecule has 0 aliphatic heterocycles. The van der Waals surface area contributed by atoms with E-state index in [0.29, 0.717) is 0 Å². The maximum Gasteiger partial charge on any atom is 0.131 e. The lowest BCUT2D eigenvalue weighted by molar-refractivity contribution is -0.108. The van der Waals surface area contributed by atoms with E-state index in [1.807, 2.05) is 36.4 Å². The van der Waals surface area contributed by atoms with Crippen molar-refractivity contribution in [3.8, 4) is 0 Å². The molecule has 1 unspecified atom stereocenters. The predicted octanol–water partition coefficient (Wildman–Crippen LogP) is 3.33. The highest BCUT2D eigenvalue weighted by Crippen LogP contribution is 2.14. The Morgan fingerprint density at radius 3 is 2.57 bits per heavy atom. The van der Waals surface area contributed by atoms with Gasteiger partial charge in [-0.25, -0.2) is 0 Å². The standard InChI is InChI=1S/C13H16O/c1-2-3-5-10-13(11-14)12-8-6-4-7-9-12/h4-11,13H,2-3H2,1H3/b10-5+. The molecule has 1 aromatic rings. The predicted molar refractivity (Wildman–Crippen MR) is 59.3 cm³/mol. The lowest BCUT2D eigenvalue weighted by Crippen LogP contribution is -1.95. The maximum absolute atomic E-state index is 10.8. The second-order valence-electron chi connectivity index (χ2n) is 3.29. The van der Waals surface area contributed by atoms with Gasteiger partial charge in [0.2, 0.25) is 0 Å². The molecule has 0 aliphatic rings. The van der Waals surface area contributed by atoms with Gasteiger partial charge < -0.3 is 4.79 Å². The van der Waals surface area contributed by atoms with Crippen LogP contribution in [0.15, 0.2) is 42.5 Å². The monoisotopic (exact) mass is 188 g/mol. The second-order valence-corrected chi connectivity index (χ2v) is 3.29. The number of carbonyl (C=O) groups excluding carboxylic acids is 1. The minimum atomic E-state index is -0.0808. The van der Waals surface area contributed by atoms with Gasteiger partial charge in [0.1, 0.15) is 6.29 Å². The summed E-state index contributed by atoms with van der Waals surface area (Å²) in [5, 5.41) is 0. The molecule has 0 aromatic heterocycles. The van der Waals surface area contributed by atoms with E-state index in [1.165, 1.54) is 0 Å². The van der Waals surface area contributed by atoms with Crippen LogP contribution in [0, 0.1) is 0 Å². The zero-order chi connectivity index (χ0) is 10.2. The van der Waals surface area contributed by atoms with Crippen molar-refractivity contribution in [2.24, 2.45) is 0 Å². The fourth-order valence-corrected chi connectivity index (χ4v) is 1.32. The molecule has 0 fully saturated rings. The van der Waals surface area contributed by atoms with Crippen LogP contribution in [-0.4, -0.2) is 6.29 Å². The van der Waals surface area contributed by atoms with Crippen LogP contribution in [0.5, 0.6) is 0 Å². The van der Waals surface area contributed by atoms with Gasteiger partial charge in [0.15, 0.2) is 0 Å². The molecule has 1 heteroatoms. The first kappa shape index (κ1) is 10.7. The number of carbonyl (C=O) groups is 1.